The van der Waals surface area contributed by atoms with Crippen LogP contribution < -0.4 is 10.6 Å². The summed E-state index contributed by atoms with van der Waals surface area (Å²) in [6.07, 6.45) is 2.49. The van der Waals surface area contributed by atoms with Crippen LogP contribution >= 0.6 is 35.3 Å². The van der Waals surface area contributed by atoms with Crippen LogP contribution in [0.5, 0.6) is 0 Å². The molecule has 1 atom stereocenters. The van der Waals surface area contributed by atoms with Crippen molar-refractivity contribution in [2.24, 2.45) is 4.99 Å². The zero-order chi connectivity index (χ0) is 21.2. The summed E-state index contributed by atoms with van der Waals surface area (Å²) in [5.74, 6) is 0.714. The maximum atomic E-state index is 10.8. The Kier molecular flexibility index (Phi) is 11.2. The number of benzene rings is 1. The molecule has 0 radical (unpaired) electrons. The Morgan fingerprint density at radius 3 is 2.61 bits per heavy atom. The lowest BCUT2D eigenvalue weighted by Crippen LogP contribution is -2.43. The first-order valence-electron chi connectivity index (χ1n) is 10.2. The normalized spacial score (nSPS) is 15.3. The summed E-state index contributed by atoms with van der Waals surface area (Å²) in [4.78, 5) is 19.0. The van der Waals surface area contributed by atoms with Crippen LogP contribution in [0.4, 0.5) is 5.69 Å². The summed E-state index contributed by atoms with van der Waals surface area (Å²) < 4.78 is 5.14. The van der Waals surface area contributed by atoms with Gasteiger partial charge in [-0.1, -0.05) is 18.2 Å². The molecule has 1 saturated heterocycles. The van der Waals surface area contributed by atoms with E-state index in [9.17, 15) is 10.1 Å². The maximum absolute atomic E-state index is 10.8. The number of hydrogen-bond acceptors (Lipinski definition) is 6. The Bertz CT molecular complexity index is 811. The van der Waals surface area contributed by atoms with Gasteiger partial charge in [-0.3, -0.25) is 15.0 Å². The average Bonchev–Trinajstić information content (AvgIpc) is 3.47. The molecule has 3 rings (SSSR count). The number of nitrogens with one attached hydrogen (secondary N) is 2. The predicted molar refractivity (Wildman–Crippen MR) is 135 cm³/mol. The van der Waals surface area contributed by atoms with Gasteiger partial charge in [-0.25, -0.2) is 4.99 Å². The van der Waals surface area contributed by atoms with Gasteiger partial charge in [0.1, 0.15) is 0 Å². The second-order valence-electron chi connectivity index (χ2n) is 7.16. The van der Waals surface area contributed by atoms with Gasteiger partial charge in [0.05, 0.1) is 24.1 Å². The maximum Gasteiger partial charge on any atom is 0.269 e. The predicted octanol–water partition coefficient (Wildman–Crippen LogP) is 3.79. The molecule has 0 amide bonds. The van der Waals surface area contributed by atoms with Crippen molar-refractivity contribution in [2.75, 3.05) is 39.9 Å². The minimum Gasteiger partial charge on any atom is -0.383 e. The molecule has 2 heterocycles. The van der Waals surface area contributed by atoms with Gasteiger partial charge in [0.25, 0.3) is 5.69 Å². The van der Waals surface area contributed by atoms with Crippen molar-refractivity contribution in [3.8, 4) is 0 Å². The Balaban J connectivity index is 0.00000341. The third-order valence-electron chi connectivity index (χ3n) is 5.08. The van der Waals surface area contributed by atoms with Gasteiger partial charge >= 0.3 is 0 Å². The number of halogens is 1. The molecule has 0 saturated carbocycles. The summed E-state index contributed by atoms with van der Waals surface area (Å²) in [5, 5.41) is 19.7. The van der Waals surface area contributed by atoms with Crippen molar-refractivity contribution in [3.63, 3.8) is 0 Å². The van der Waals surface area contributed by atoms with Crippen LogP contribution in [-0.4, -0.2) is 55.7 Å². The molecule has 0 bridgehead atoms. The summed E-state index contributed by atoms with van der Waals surface area (Å²) in [5.41, 5.74) is 1.01. The third-order valence-corrected chi connectivity index (χ3v) is 6.05. The van der Waals surface area contributed by atoms with Crippen molar-refractivity contribution < 1.29 is 9.66 Å². The molecule has 1 aromatic heterocycles. The molecule has 31 heavy (non-hydrogen) atoms. The topological polar surface area (TPSA) is 92.0 Å². The van der Waals surface area contributed by atoms with Crippen LogP contribution in [-0.2, 0) is 11.3 Å². The van der Waals surface area contributed by atoms with E-state index >= 15 is 0 Å². The van der Waals surface area contributed by atoms with Crippen LogP contribution in [0.3, 0.4) is 0 Å². The number of rotatable bonds is 10. The zero-order valence-corrected chi connectivity index (χ0v) is 20.8. The van der Waals surface area contributed by atoms with Gasteiger partial charge in [-0.05, 0) is 42.9 Å². The van der Waals surface area contributed by atoms with Gasteiger partial charge in [0.2, 0.25) is 0 Å². The molecular formula is C21H30IN5O3S. The molecule has 2 N–H and O–H groups in total. The number of hydrogen-bond donors (Lipinski definition) is 2. The van der Waals surface area contributed by atoms with E-state index in [2.05, 4.69) is 38.0 Å². The second-order valence-corrected chi connectivity index (χ2v) is 8.14. The highest BCUT2D eigenvalue weighted by atomic mass is 127. The summed E-state index contributed by atoms with van der Waals surface area (Å²) >= 11 is 1.79. The van der Waals surface area contributed by atoms with Gasteiger partial charge in [-0.15, -0.1) is 35.3 Å². The molecule has 170 valence electrons. The van der Waals surface area contributed by atoms with E-state index in [0.717, 1.165) is 25.2 Å². The van der Waals surface area contributed by atoms with E-state index in [1.165, 1.54) is 29.9 Å². The number of non-ortho nitro benzene ring substituents is 1. The number of nitro groups is 1. The summed E-state index contributed by atoms with van der Waals surface area (Å²) in [6.45, 7) is 4.68. The Hall–Kier alpha value is -1.76. The van der Waals surface area contributed by atoms with Crippen molar-refractivity contribution in [2.45, 2.75) is 25.4 Å². The molecule has 1 aliphatic heterocycles. The quantitative estimate of drug-likeness (QED) is 0.115. The smallest absolute Gasteiger partial charge is 0.269 e. The van der Waals surface area contributed by atoms with Crippen LogP contribution in [0.1, 0.15) is 29.3 Å². The molecule has 0 aliphatic carbocycles. The minimum absolute atomic E-state index is 0. The fraction of sp³-hybridized carbons (Fsp3) is 0.476. The Morgan fingerprint density at radius 1 is 1.26 bits per heavy atom. The third kappa shape index (κ3) is 8.02. The van der Waals surface area contributed by atoms with Gasteiger partial charge in [0.15, 0.2) is 5.96 Å². The number of guanidine groups is 1. The van der Waals surface area contributed by atoms with Crippen LogP contribution in [0.2, 0.25) is 0 Å². The fourth-order valence-corrected chi connectivity index (χ4v) is 4.34. The van der Waals surface area contributed by atoms with E-state index in [0.29, 0.717) is 31.7 Å². The average molecular weight is 559 g/mol. The van der Waals surface area contributed by atoms with E-state index < -0.39 is 4.92 Å². The first-order chi connectivity index (χ1) is 14.7. The Morgan fingerprint density at radius 2 is 2.00 bits per heavy atom. The zero-order valence-electron chi connectivity index (χ0n) is 17.7. The monoisotopic (exact) mass is 559 g/mol. The molecule has 10 heteroatoms. The standard InChI is InChI=1S/C21H29N5O3S.HI/c1-29-13-10-22-21(23-15-17-6-8-18(9-7-17)26(27)28)24-16-19(20-5-4-14-30-20)25-11-2-3-12-25;/h4-9,14,19H,2-3,10-13,15-16H2,1H3,(H2,22,23,24);1H. The van der Waals surface area contributed by atoms with Crippen molar-refractivity contribution in [1.82, 2.24) is 15.5 Å². The van der Waals surface area contributed by atoms with E-state index in [4.69, 9.17) is 4.74 Å². The lowest BCUT2D eigenvalue weighted by molar-refractivity contribution is -0.384. The van der Waals surface area contributed by atoms with Gasteiger partial charge < -0.3 is 15.4 Å². The largest absolute Gasteiger partial charge is 0.383 e. The fourth-order valence-electron chi connectivity index (χ4n) is 3.48. The summed E-state index contributed by atoms with van der Waals surface area (Å²) in [7, 11) is 1.67. The number of nitro benzene ring substituents is 1. The number of aliphatic imine (C=N–C) groups is 1. The second kappa shape index (κ2) is 13.6. The minimum atomic E-state index is -0.393. The first kappa shape index (κ1) is 25.5. The molecule has 8 nitrogen and oxygen atoms in total. The van der Waals surface area contributed by atoms with Crippen LogP contribution in [0.25, 0.3) is 0 Å². The highest BCUT2D eigenvalue weighted by Crippen LogP contribution is 2.27. The Labute approximate surface area is 204 Å². The SMILES string of the molecule is COCCNC(=NCc1ccc([N+](=O)[O-])cc1)NCC(c1cccs1)N1CCCC1.I. The molecule has 1 aliphatic rings. The number of thiophene rings is 1. The van der Waals surface area contributed by atoms with Crippen LogP contribution in [0.15, 0.2) is 46.8 Å². The van der Waals surface area contributed by atoms with Crippen molar-refractivity contribution in [3.05, 3.63) is 62.3 Å². The van der Waals surface area contributed by atoms with Crippen molar-refractivity contribution in [1.29, 1.82) is 0 Å². The lowest BCUT2D eigenvalue weighted by Gasteiger charge is -2.27. The number of ether oxygens (including phenoxy) is 1. The highest BCUT2D eigenvalue weighted by Gasteiger charge is 2.24. The molecule has 2 aromatic rings. The lowest BCUT2D eigenvalue weighted by atomic mass is 10.2. The number of likely N-dealkylation sites (tertiary alicyclic amines) is 1. The van der Waals surface area contributed by atoms with E-state index in [-0.39, 0.29) is 29.7 Å². The summed E-state index contributed by atoms with van der Waals surface area (Å²) in [6, 6.07) is 11.1. The first-order valence-corrected chi connectivity index (χ1v) is 11.1. The van der Waals surface area contributed by atoms with Gasteiger partial charge in [-0.2, -0.15) is 0 Å². The van der Waals surface area contributed by atoms with Crippen molar-refractivity contribution >= 4 is 47.0 Å². The van der Waals surface area contributed by atoms with Gasteiger partial charge in [0, 0.05) is 37.2 Å². The molecule has 1 unspecified atom stereocenters. The molecule has 0 spiro atoms. The molecule has 1 fully saturated rings. The number of methoxy groups -OCH3 is 1. The molecular weight excluding hydrogens is 529 g/mol. The van der Waals surface area contributed by atoms with E-state index in [1.807, 2.05) is 0 Å². The molecule has 1 aromatic carbocycles. The number of nitrogens with zero attached hydrogens (tertiary/aromatic N) is 3. The van der Waals surface area contributed by atoms with E-state index in [1.54, 1.807) is 30.6 Å². The van der Waals surface area contributed by atoms with Crippen LogP contribution in [0, 0.1) is 10.1 Å². The highest BCUT2D eigenvalue weighted by molar-refractivity contribution is 14.0.